The van der Waals surface area contributed by atoms with Gasteiger partial charge in [0, 0.05) is 13.1 Å². The zero-order valence-electron chi connectivity index (χ0n) is 17.4. The molecule has 0 aromatic heterocycles. The minimum atomic E-state index is -1.13. The molecule has 2 amide bonds. The SMILES string of the molecule is CCN(CC)C(=O)C[C@H](NC(=O)OCc1ccccc1)C(=O)OCc1ccccc1. The lowest BCUT2D eigenvalue weighted by Crippen LogP contribution is -2.46. The maximum atomic E-state index is 12.6. The quantitative estimate of drug-likeness (QED) is 0.606. The van der Waals surface area contributed by atoms with E-state index in [4.69, 9.17) is 9.47 Å². The fraction of sp³-hybridized carbons (Fsp3) is 0.348. The van der Waals surface area contributed by atoms with Gasteiger partial charge in [0.05, 0.1) is 6.42 Å². The number of nitrogens with zero attached hydrogens (tertiary/aromatic N) is 1. The summed E-state index contributed by atoms with van der Waals surface area (Å²) in [7, 11) is 0. The van der Waals surface area contributed by atoms with Gasteiger partial charge in [0.2, 0.25) is 5.91 Å². The molecule has 0 fully saturated rings. The molecule has 2 rings (SSSR count). The minimum absolute atomic E-state index is 0.0520. The molecule has 7 nitrogen and oxygen atoms in total. The molecule has 1 atom stereocenters. The predicted octanol–water partition coefficient (Wildman–Crippen LogP) is 3.28. The van der Waals surface area contributed by atoms with E-state index >= 15 is 0 Å². The first-order valence-corrected chi connectivity index (χ1v) is 9.99. The second kappa shape index (κ2) is 12.3. The van der Waals surface area contributed by atoms with Gasteiger partial charge in [-0.05, 0) is 25.0 Å². The number of carbonyl (C=O) groups is 3. The standard InChI is InChI=1S/C23H28N2O5/c1-3-25(4-2)21(26)15-20(22(27)29-16-18-11-7-5-8-12-18)24-23(28)30-17-19-13-9-6-10-14-19/h5-14,20H,3-4,15-17H2,1-2H3,(H,24,28)/t20-/m0/s1. The fourth-order valence-electron chi connectivity index (χ4n) is 2.81. The van der Waals surface area contributed by atoms with Crippen LogP contribution < -0.4 is 5.32 Å². The summed E-state index contributed by atoms with van der Waals surface area (Å²) < 4.78 is 10.5. The maximum absolute atomic E-state index is 12.6. The Hall–Kier alpha value is -3.35. The number of nitrogens with one attached hydrogen (secondary N) is 1. The van der Waals surface area contributed by atoms with Crippen molar-refractivity contribution >= 4 is 18.0 Å². The first-order chi connectivity index (χ1) is 14.5. The smallest absolute Gasteiger partial charge is 0.408 e. The molecule has 0 heterocycles. The van der Waals surface area contributed by atoms with Crippen LogP contribution in [-0.4, -0.2) is 42.0 Å². The normalized spacial score (nSPS) is 11.3. The molecule has 0 radical (unpaired) electrons. The van der Waals surface area contributed by atoms with E-state index in [1.54, 1.807) is 4.90 Å². The van der Waals surface area contributed by atoms with Crippen molar-refractivity contribution in [2.24, 2.45) is 0 Å². The highest BCUT2D eigenvalue weighted by molar-refractivity contribution is 5.88. The molecular weight excluding hydrogens is 384 g/mol. The van der Waals surface area contributed by atoms with Gasteiger partial charge in [-0.15, -0.1) is 0 Å². The fourth-order valence-corrected chi connectivity index (χ4v) is 2.81. The molecule has 0 bridgehead atoms. The van der Waals surface area contributed by atoms with Gasteiger partial charge in [-0.1, -0.05) is 60.7 Å². The lowest BCUT2D eigenvalue weighted by molar-refractivity contribution is -0.150. The van der Waals surface area contributed by atoms with Gasteiger partial charge in [-0.2, -0.15) is 0 Å². The van der Waals surface area contributed by atoms with Crippen LogP contribution in [0, 0.1) is 0 Å². The second-order valence-electron chi connectivity index (χ2n) is 6.62. The third-order valence-corrected chi connectivity index (χ3v) is 4.51. The number of alkyl carbamates (subject to hydrolysis) is 1. The highest BCUT2D eigenvalue weighted by Crippen LogP contribution is 2.07. The van der Waals surface area contributed by atoms with Crippen LogP contribution in [0.1, 0.15) is 31.4 Å². The zero-order chi connectivity index (χ0) is 21.8. The highest BCUT2D eigenvalue weighted by atomic mass is 16.6. The number of ether oxygens (including phenoxy) is 2. The molecule has 160 valence electrons. The highest BCUT2D eigenvalue weighted by Gasteiger charge is 2.27. The van der Waals surface area contributed by atoms with E-state index < -0.39 is 18.1 Å². The van der Waals surface area contributed by atoms with Gasteiger partial charge in [0.25, 0.3) is 0 Å². The van der Waals surface area contributed by atoms with Crippen LogP contribution >= 0.6 is 0 Å². The average molecular weight is 412 g/mol. The van der Waals surface area contributed by atoms with Crippen molar-refractivity contribution in [1.82, 2.24) is 10.2 Å². The number of hydrogen-bond acceptors (Lipinski definition) is 5. The van der Waals surface area contributed by atoms with Gasteiger partial charge < -0.3 is 19.7 Å². The van der Waals surface area contributed by atoms with E-state index in [9.17, 15) is 14.4 Å². The van der Waals surface area contributed by atoms with Crippen LogP contribution in [0.3, 0.4) is 0 Å². The molecule has 7 heteroatoms. The number of benzene rings is 2. The van der Waals surface area contributed by atoms with Crippen molar-refractivity contribution in [3.8, 4) is 0 Å². The third kappa shape index (κ3) is 7.58. The summed E-state index contributed by atoms with van der Waals surface area (Å²) in [5.74, 6) is -0.930. The molecule has 2 aromatic carbocycles. The topological polar surface area (TPSA) is 84.9 Å². The Morgan fingerprint density at radius 1 is 0.833 bits per heavy atom. The van der Waals surface area contributed by atoms with Crippen molar-refractivity contribution < 1.29 is 23.9 Å². The molecule has 0 spiro atoms. The second-order valence-corrected chi connectivity index (χ2v) is 6.62. The van der Waals surface area contributed by atoms with Gasteiger partial charge >= 0.3 is 12.1 Å². The Morgan fingerprint density at radius 2 is 1.33 bits per heavy atom. The Labute approximate surface area is 177 Å². The van der Waals surface area contributed by atoms with Crippen molar-refractivity contribution in [2.75, 3.05) is 13.1 Å². The van der Waals surface area contributed by atoms with E-state index in [0.29, 0.717) is 13.1 Å². The number of esters is 1. The van der Waals surface area contributed by atoms with E-state index in [0.717, 1.165) is 11.1 Å². The van der Waals surface area contributed by atoms with Crippen LogP contribution in [0.2, 0.25) is 0 Å². The summed E-state index contributed by atoms with van der Waals surface area (Å²) in [6.07, 6.45) is -0.983. The summed E-state index contributed by atoms with van der Waals surface area (Å²) in [6.45, 7) is 4.84. The molecule has 0 aliphatic heterocycles. The Kier molecular flexibility index (Phi) is 9.37. The van der Waals surface area contributed by atoms with Crippen molar-refractivity contribution in [3.63, 3.8) is 0 Å². The van der Waals surface area contributed by atoms with Gasteiger partial charge in [0.15, 0.2) is 0 Å². The number of amides is 2. The predicted molar refractivity (Wildman–Crippen MR) is 112 cm³/mol. The summed E-state index contributed by atoms with van der Waals surface area (Å²) in [5, 5.41) is 2.47. The van der Waals surface area contributed by atoms with Crippen molar-refractivity contribution in [1.29, 1.82) is 0 Å². The van der Waals surface area contributed by atoms with E-state index in [1.165, 1.54) is 0 Å². The largest absolute Gasteiger partial charge is 0.459 e. The first kappa shape index (κ1) is 22.9. The molecule has 1 N–H and O–H groups in total. The summed E-state index contributed by atoms with van der Waals surface area (Å²) in [5.41, 5.74) is 1.63. The Bertz CT molecular complexity index is 807. The molecule has 2 aromatic rings. The molecule has 0 unspecified atom stereocenters. The molecular formula is C23H28N2O5. The Balaban J connectivity index is 1.98. The van der Waals surface area contributed by atoms with E-state index in [-0.39, 0.29) is 25.5 Å². The maximum Gasteiger partial charge on any atom is 0.408 e. The molecule has 0 saturated carbocycles. The summed E-state index contributed by atoms with van der Waals surface area (Å²) in [4.78, 5) is 38.9. The molecule has 30 heavy (non-hydrogen) atoms. The lowest BCUT2D eigenvalue weighted by atomic mass is 10.2. The number of rotatable bonds is 10. The van der Waals surface area contributed by atoms with Gasteiger partial charge in [-0.3, -0.25) is 4.79 Å². The summed E-state index contributed by atoms with van der Waals surface area (Å²) >= 11 is 0. The number of hydrogen-bond donors (Lipinski definition) is 1. The van der Waals surface area contributed by atoms with Crippen LogP contribution in [0.4, 0.5) is 4.79 Å². The van der Waals surface area contributed by atoms with E-state index in [1.807, 2.05) is 74.5 Å². The van der Waals surface area contributed by atoms with Crippen molar-refractivity contribution in [2.45, 2.75) is 39.5 Å². The monoisotopic (exact) mass is 412 g/mol. The van der Waals surface area contributed by atoms with Crippen molar-refractivity contribution in [3.05, 3.63) is 71.8 Å². The number of carbonyl (C=O) groups excluding carboxylic acids is 3. The van der Waals surface area contributed by atoms with Crippen LogP contribution in [0.5, 0.6) is 0 Å². The molecule has 0 saturated heterocycles. The third-order valence-electron chi connectivity index (χ3n) is 4.51. The van der Waals surface area contributed by atoms with Gasteiger partial charge in [-0.25, -0.2) is 9.59 Å². The first-order valence-electron chi connectivity index (χ1n) is 9.99. The van der Waals surface area contributed by atoms with Crippen LogP contribution in [-0.2, 0) is 32.3 Å². The van der Waals surface area contributed by atoms with Gasteiger partial charge in [0.1, 0.15) is 19.3 Å². The zero-order valence-corrected chi connectivity index (χ0v) is 17.4. The summed E-state index contributed by atoms with van der Waals surface area (Å²) in [6, 6.07) is 17.2. The molecule has 0 aliphatic carbocycles. The van der Waals surface area contributed by atoms with Crippen LogP contribution in [0.15, 0.2) is 60.7 Å². The molecule has 0 aliphatic rings. The average Bonchev–Trinajstić information content (AvgIpc) is 2.78. The Morgan fingerprint density at radius 3 is 1.83 bits per heavy atom. The van der Waals surface area contributed by atoms with Crippen LogP contribution in [0.25, 0.3) is 0 Å². The minimum Gasteiger partial charge on any atom is -0.459 e. The van der Waals surface area contributed by atoms with E-state index in [2.05, 4.69) is 5.32 Å². The lowest BCUT2D eigenvalue weighted by Gasteiger charge is -2.22.